The van der Waals surface area contributed by atoms with Gasteiger partial charge in [-0.2, -0.15) is 0 Å². The van der Waals surface area contributed by atoms with E-state index in [4.69, 9.17) is 10.5 Å². The van der Waals surface area contributed by atoms with Gasteiger partial charge < -0.3 is 10.5 Å². The Kier molecular flexibility index (Phi) is 3.25. The van der Waals surface area contributed by atoms with E-state index >= 15 is 0 Å². The van der Waals surface area contributed by atoms with Crippen molar-refractivity contribution in [3.63, 3.8) is 0 Å². The van der Waals surface area contributed by atoms with E-state index in [1.165, 1.54) is 6.07 Å². The van der Waals surface area contributed by atoms with Crippen molar-refractivity contribution in [2.45, 2.75) is 12.3 Å². The average molecular weight is 221 g/mol. The fourth-order valence-electron chi connectivity index (χ4n) is 1.98. The second-order valence-electron chi connectivity index (χ2n) is 4.12. The highest BCUT2D eigenvalue weighted by Crippen LogP contribution is 2.49. The van der Waals surface area contributed by atoms with Gasteiger partial charge in [-0.15, -0.1) is 0 Å². The molecule has 2 unspecified atom stereocenters. The fraction of sp³-hybridized carbons (Fsp3) is 0.385. The monoisotopic (exact) mass is 221 g/mol. The van der Waals surface area contributed by atoms with Crippen molar-refractivity contribution in [3.05, 3.63) is 42.2 Å². The summed E-state index contributed by atoms with van der Waals surface area (Å²) in [5, 5.41) is 0. The summed E-state index contributed by atoms with van der Waals surface area (Å²) >= 11 is 0. The van der Waals surface area contributed by atoms with Crippen molar-refractivity contribution in [2.75, 3.05) is 13.2 Å². The van der Waals surface area contributed by atoms with Gasteiger partial charge in [0.15, 0.2) is 0 Å². The minimum Gasteiger partial charge on any atom is -0.489 e. The fourth-order valence-corrected chi connectivity index (χ4v) is 1.98. The molecule has 1 fully saturated rings. The maximum absolute atomic E-state index is 13.2. The van der Waals surface area contributed by atoms with Gasteiger partial charge in [-0.25, -0.2) is 4.39 Å². The van der Waals surface area contributed by atoms with Crippen LogP contribution in [0.15, 0.2) is 30.9 Å². The molecule has 0 aliphatic heterocycles. The Labute approximate surface area is 94.9 Å². The number of hydrogen-bond acceptors (Lipinski definition) is 2. The van der Waals surface area contributed by atoms with Crippen LogP contribution >= 0.6 is 0 Å². The Morgan fingerprint density at radius 1 is 1.56 bits per heavy atom. The van der Waals surface area contributed by atoms with E-state index in [0.29, 0.717) is 25.0 Å². The number of halogens is 1. The molecule has 3 heteroatoms. The van der Waals surface area contributed by atoms with Crippen molar-refractivity contribution < 1.29 is 9.13 Å². The van der Waals surface area contributed by atoms with Crippen LogP contribution in [0.5, 0.6) is 5.75 Å². The molecule has 86 valence electrons. The SMILES string of the molecule is C=CCOc1ccc(F)cc1C1CC1CN. The molecule has 1 aromatic rings. The minimum absolute atomic E-state index is 0.219. The summed E-state index contributed by atoms with van der Waals surface area (Å²) < 4.78 is 18.7. The van der Waals surface area contributed by atoms with Gasteiger partial charge in [0, 0.05) is 5.56 Å². The first-order valence-electron chi connectivity index (χ1n) is 5.49. The van der Waals surface area contributed by atoms with Crippen LogP contribution in [-0.2, 0) is 0 Å². The molecule has 0 heterocycles. The standard InChI is InChI=1S/C13H16FNO/c1-2-5-16-13-4-3-10(14)7-12(13)11-6-9(11)8-15/h2-4,7,9,11H,1,5-6,8,15H2. The van der Waals surface area contributed by atoms with Crippen molar-refractivity contribution in [3.8, 4) is 5.75 Å². The van der Waals surface area contributed by atoms with Crippen LogP contribution in [0.2, 0.25) is 0 Å². The van der Waals surface area contributed by atoms with Crippen LogP contribution in [0.25, 0.3) is 0 Å². The highest BCUT2D eigenvalue weighted by molar-refractivity contribution is 5.40. The van der Waals surface area contributed by atoms with E-state index in [1.54, 1.807) is 18.2 Å². The molecule has 2 rings (SSSR count). The lowest BCUT2D eigenvalue weighted by Gasteiger charge is -2.10. The van der Waals surface area contributed by atoms with Crippen LogP contribution in [0.3, 0.4) is 0 Å². The molecule has 2 nitrogen and oxygen atoms in total. The molecule has 1 aliphatic rings. The minimum atomic E-state index is -0.219. The normalized spacial score (nSPS) is 22.9. The Bertz CT molecular complexity index is 392. The summed E-state index contributed by atoms with van der Waals surface area (Å²) in [5.41, 5.74) is 6.54. The summed E-state index contributed by atoms with van der Waals surface area (Å²) in [6.45, 7) is 4.69. The van der Waals surface area contributed by atoms with Crippen molar-refractivity contribution in [1.82, 2.24) is 0 Å². The molecule has 1 aliphatic carbocycles. The lowest BCUT2D eigenvalue weighted by Crippen LogP contribution is -2.03. The van der Waals surface area contributed by atoms with Gasteiger partial charge in [0.2, 0.25) is 0 Å². The maximum atomic E-state index is 13.2. The van der Waals surface area contributed by atoms with E-state index in [2.05, 4.69) is 6.58 Å². The first-order chi connectivity index (χ1) is 7.76. The molecule has 0 bridgehead atoms. The zero-order valence-electron chi connectivity index (χ0n) is 9.16. The van der Waals surface area contributed by atoms with E-state index < -0.39 is 0 Å². The van der Waals surface area contributed by atoms with Crippen molar-refractivity contribution >= 4 is 0 Å². The highest BCUT2D eigenvalue weighted by atomic mass is 19.1. The topological polar surface area (TPSA) is 35.2 Å². The third-order valence-corrected chi connectivity index (χ3v) is 2.95. The number of hydrogen-bond donors (Lipinski definition) is 1. The molecule has 0 aromatic heterocycles. The lowest BCUT2D eigenvalue weighted by atomic mass is 10.1. The third kappa shape index (κ3) is 2.25. The lowest BCUT2D eigenvalue weighted by molar-refractivity contribution is 0.358. The summed E-state index contributed by atoms with van der Waals surface area (Å²) in [6, 6.07) is 4.65. The van der Waals surface area contributed by atoms with Gasteiger partial charge in [-0.1, -0.05) is 12.7 Å². The molecule has 16 heavy (non-hydrogen) atoms. The second-order valence-corrected chi connectivity index (χ2v) is 4.12. The van der Waals surface area contributed by atoms with Crippen LogP contribution in [0.4, 0.5) is 4.39 Å². The Hall–Kier alpha value is -1.35. The predicted molar refractivity (Wildman–Crippen MR) is 62.0 cm³/mol. The molecule has 0 saturated heterocycles. The second kappa shape index (κ2) is 4.66. The first-order valence-corrected chi connectivity index (χ1v) is 5.49. The van der Waals surface area contributed by atoms with Crippen molar-refractivity contribution in [1.29, 1.82) is 0 Å². The average Bonchev–Trinajstić information content (AvgIpc) is 3.06. The van der Waals surface area contributed by atoms with Gasteiger partial charge in [0.05, 0.1) is 0 Å². The zero-order chi connectivity index (χ0) is 11.5. The number of benzene rings is 1. The van der Waals surface area contributed by atoms with Gasteiger partial charge in [-0.05, 0) is 43.0 Å². The van der Waals surface area contributed by atoms with Crippen LogP contribution in [0, 0.1) is 11.7 Å². The molecule has 2 atom stereocenters. The van der Waals surface area contributed by atoms with Gasteiger partial charge in [0.25, 0.3) is 0 Å². The third-order valence-electron chi connectivity index (χ3n) is 2.95. The van der Waals surface area contributed by atoms with Gasteiger partial charge >= 0.3 is 0 Å². The Morgan fingerprint density at radius 3 is 3.00 bits per heavy atom. The first kappa shape index (κ1) is 11.1. The molecule has 0 radical (unpaired) electrons. The van der Waals surface area contributed by atoms with Gasteiger partial charge in [0.1, 0.15) is 18.2 Å². The number of nitrogens with two attached hydrogens (primary N) is 1. The van der Waals surface area contributed by atoms with E-state index in [0.717, 1.165) is 17.7 Å². The van der Waals surface area contributed by atoms with Crippen LogP contribution in [0.1, 0.15) is 17.9 Å². The van der Waals surface area contributed by atoms with Crippen LogP contribution < -0.4 is 10.5 Å². The molecule has 0 spiro atoms. The van der Waals surface area contributed by atoms with E-state index in [1.807, 2.05) is 0 Å². The molecule has 0 amide bonds. The summed E-state index contributed by atoms with van der Waals surface area (Å²) in [5.74, 6) is 1.37. The van der Waals surface area contributed by atoms with Gasteiger partial charge in [-0.3, -0.25) is 0 Å². The summed E-state index contributed by atoms with van der Waals surface area (Å²) in [4.78, 5) is 0. The quantitative estimate of drug-likeness (QED) is 0.775. The highest BCUT2D eigenvalue weighted by Gasteiger charge is 2.38. The smallest absolute Gasteiger partial charge is 0.123 e. The van der Waals surface area contributed by atoms with Crippen molar-refractivity contribution in [2.24, 2.45) is 11.7 Å². The Balaban J connectivity index is 2.19. The largest absolute Gasteiger partial charge is 0.489 e. The van der Waals surface area contributed by atoms with Crippen LogP contribution in [-0.4, -0.2) is 13.2 Å². The summed E-state index contributed by atoms with van der Waals surface area (Å²) in [6.07, 6.45) is 2.71. The van der Waals surface area contributed by atoms with E-state index in [9.17, 15) is 4.39 Å². The maximum Gasteiger partial charge on any atom is 0.123 e. The Morgan fingerprint density at radius 2 is 2.38 bits per heavy atom. The molecule has 1 saturated carbocycles. The van der Waals surface area contributed by atoms with E-state index in [-0.39, 0.29) is 5.82 Å². The number of ether oxygens (including phenoxy) is 1. The number of rotatable bonds is 5. The molecule has 1 aromatic carbocycles. The molecule has 2 N–H and O–H groups in total. The zero-order valence-corrected chi connectivity index (χ0v) is 9.16. The summed E-state index contributed by atoms with van der Waals surface area (Å²) in [7, 11) is 0. The molecular weight excluding hydrogens is 205 g/mol. The molecular formula is C13H16FNO. The predicted octanol–water partition coefficient (Wildman–Crippen LogP) is 2.45.